The van der Waals surface area contributed by atoms with Gasteiger partial charge in [0.25, 0.3) is 0 Å². The fourth-order valence-corrected chi connectivity index (χ4v) is 5.29. The molecule has 0 spiro atoms. The van der Waals surface area contributed by atoms with E-state index in [1.54, 1.807) is 31.2 Å². The van der Waals surface area contributed by atoms with Crippen molar-refractivity contribution in [2.75, 3.05) is 13.3 Å². The second-order valence-electron chi connectivity index (χ2n) is 5.93. The molecule has 0 aliphatic rings. The van der Waals surface area contributed by atoms with E-state index in [0.717, 1.165) is 18.0 Å². The fraction of sp³-hybridized carbons (Fsp3) is 0.250. The molecule has 0 aliphatic heterocycles. The maximum atomic E-state index is 13.1. The minimum atomic E-state index is -3.80. The molecule has 2 aromatic carbocycles. The first-order valence-electron chi connectivity index (χ1n) is 7.61. The van der Waals surface area contributed by atoms with Gasteiger partial charge >= 0.3 is 0 Å². The molecule has 0 bridgehead atoms. The highest BCUT2D eigenvalue weighted by molar-refractivity contribution is 7.90. The van der Waals surface area contributed by atoms with Crippen LogP contribution in [-0.4, -0.2) is 43.2 Å². The Hall–Kier alpha value is -1.88. The molecule has 0 N–H and O–H groups in total. The Labute approximate surface area is 156 Å². The molecule has 0 fully saturated rings. The zero-order valence-corrected chi connectivity index (χ0v) is 16.8. The number of rotatable bonds is 5. The van der Waals surface area contributed by atoms with Gasteiger partial charge in [0.1, 0.15) is 15.9 Å². The summed E-state index contributed by atoms with van der Waals surface area (Å²) in [6.45, 7) is 1.74. The predicted octanol–water partition coefficient (Wildman–Crippen LogP) is 2.48. The minimum Gasteiger partial charge on any atom is -0.224 e. The van der Waals surface area contributed by atoms with Crippen molar-refractivity contribution in [1.29, 1.82) is 0 Å². The third kappa shape index (κ3) is 3.37. The number of fused-ring (bicyclic) bond motifs is 1. The summed E-state index contributed by atoms with van der Waals surface area (Å²) in [6, 6.07) is 10.6. The van der Waals surface area contributed by atoms with Crippen molar-refractivity contribution in [3.8, 4) is 0 Å². The van der Waals surface area contributed by atoms with Crippen LogP contribution in [0.2, 0.25) is 0 Å². The topological polar surface area (TPSA) is 97.3 Å². The Morgan fingerprint density at radius 2 is 1.65 bits per heavy atom. The molecular weight excluding hydrogens is 394 g/mol. The highest BCUT2D eigenvalue weighted by Crippen LogP contribution is 2.29. The van der Waals surface area contributed by atoms with Gasteiger partial charge in [-0.25, -0.2) is 16.8 Å². The molecule has 10 heteroatoms. The van der Waals surface area contributed by atoms with Crippen LogP contribution in [0, 0.1) is 0 Å². The van der Waals surface area contributed by atoms with Crippen molar-refractivity contribution in [1.82, 2.24) is 13.1 Å². The minimum absolute atomic E-state index is 0.103. The van der Waals surface area contributed by atoms with Crippen molar-refractivity contribution < 1.29 is 16.8 Å². The third-order valence-corrected chi connectivity index (χ3v) is 7.87. The molecule has 0 saturated heterocycles. The molecule has 1 atom stereocenters. The Morgan fingerprint density at radius 3 is 2.27 bits per heavy atom. The second kappa shape index (κ2) is 6.69. The van der Waals surface area contributed by atoms with E-state index in [9.17, 15) is 16.8 Å². The molecule has 1 aromatic heterocycles. The lowest BCUT2D eigenvalue weighted by molar-refractivity contribution is 0.398. The molecule has 0 radical (unpaired) electrons. The van der Waals surface area contributed by atoms with Gasteiger partial charge in [-0.1, -0.05) is 18.2 Å². The molecular formula is C16H17N3O4S3. The zero-order valence-electron chi connectivity index (χ0n) is 14.3. The van der Waals surface area contributed by atoms with Gasteiger partial charge in [0.2, 0.25) is 10.0 Å². The quantitative estimate of drug-likeness (QED) is 0.640. The molecule has 0 amide bonds. The first kappa shape index (κ1) is 18.9. The average molecular weight is 412 g/mol. The first-order chi connectivity index (χ1) is 12.1. The summed E-state index contributed by atoms with van der Waals surface area (Å²) in [5.74, 6) is 0. The van der Waals surface area contributed by atoms with E-state index < -0.39 is 25.9 Å². The van der Waals surface area contributed by atoms with E-state index in [-0.39, 0.29) is 9.79 Å². The summed E-state index contributed by atoms with van der Waals surface area (Å²) in [7, 11) is -5.61. The van der Waals surface area contributed by atoms with E-state index in [2.05, 4.69) is 8.75 Å². The maximum absolute atomic E-state index is 13.1. The lowest BCUT2D eigenvalue weighted by Gasteiger charge is -2.25. The number of nitrogens with zero attached hydrogens (tertiary/aromatic N) is 3. The van der Waals surface area contributed by atoms with Gasteiger partial charge in [-0.3, -0.25) is 0 Å². The van der Waals surface area contributed by atoms with Crippen LogP contribution in [0.3, 0.4) is 0 Å². The molecule has 0 saturated carbocycles. The molecule has 1 heterocycles. The van der Waals surface area contributed by atoms with E-state index in [4.69, 9.17) is 0 Å². The van der Waals surface area contributed by atoms with Crippen molar-refractivity contribution in [3.05, 3.63) is 48.0 Å². The normalized spacial score (nSPS) is 14.0. The third-order valence-electron chi connectivity index (χ3n) is 4.24. The van der Waals surface area contributed by atoms with Crippen LogP contribution in [0.4, 0.5) is 0 Å². The lowest BCUT2D eigenvalue weighted by atomic mass is 10.1. The van der Waals surface area contributed by atoms with Crippen LogP contribution in [0.15, 0.2) is 52.3 Å². The first-order valence-corrected chi connectivity index (χ1v) is 11.7. The molecule has 7 nitrogen and oxygen atoms in total. The van der Waals surface area contributed by atoms with E-state index in [1.165, 1.54) is 29.6 Å². The fourth-order valence-electron chi connectivity index (χ4n) is 2.56. The van der Waals surface area contributed by atoms with Crippen LogP contribution in [0.5, 0.6) is 0 Å². The van der Waals surface area contributed by atoms with Crippen LogP contribution in [0.25, 0.3) is 11.0 Å². The van der Waals surface area contributed by atoms with Gasteiger partial charge in [-0.2, -0.15) is 13.1 Å². The van der Waals surface area contributed by atoms with Crippen LogP contribution in [-0.2, 0) is 19.9 Å². The van der Waals surface area contributed by atoms with E-state index in [0.29, 0.717) is 16.6 Å². The van der Waals surface area contributed by atoms with Gasteiger partial charge in [0.15, 0.2) is 9.84 Å². The Balaban J connectivity index is 1.97. The number of sulfone groups is 1. The zero-order chi connectivity index (χ0) is 19.1. The van der Waals surface area contributed by atoms with Crippen molar-refractivity contribution in [3.63, 3.8) is 0 Å². The molecule has 138 valence electrons. The molecule has 1 unspecified atom stereocenters. The highest BCUT2D eigenvalue weighted by Gasteiger charge is 2.29. The van der Waals surface area contributed by atoms with Crippen molar-refractivity contribution >= 4 is 42.6 Å². The Morgan fingerprint density at radius 1 is 1.00 bits per heavy atom. The molecule has 26 heavy (non-hydrogen) atoms. The summed E-state index contributed by atoms with van der Waals surface area (Å²) < 4.78 is 58.7. The lowest BCUT2D eigenvalue weighted by Crippen LogP contribution is -2.30. The van der Waals surface area contributed by atoms with Crippen molar-refractivity contribution in [2.45, 2.75) is 22.8 Å². The SMILES string of the molecule is CC(c1ccc(S(C)(=O)=O)cc1)N(C)S(=O)(=O)c1cccc2nsnc12. The average Bonchev–Trinajstić information content (AvgIpc) is 3.08. The Bertz CT molecular complexity index is 1150. The van der Waals surface area contributed by atoms with Crippen LogP contribution in [0.1, 0.15) is 18.5 Å². The molecule has 3 rings (SSSR count). The number of hydrogen-bond acceptors (Lipinski definition) is 7. The van der Waals surface area contributed by atoms with E-state index in [1.807, 2.05) is 0 Å². The maximum Gasteiger partial charge on any atom is 0.245 e. The summed E-state index contributed by atoms with van der Waals surface area (Å²) in [5, 5.41) is 0. The largest absolute Gasteiger partial charge is 0.245 e. The van der Waals surface area contributed by atoms with Gasteiger partial charge in [-0.15, -0.1) is 0 Å². The molecule has 0 aliphatic carbocycles. The smallest absolute Gasteiger partial charge is 0.224 e. The van der Waals surface area contributed by atoms with Crippen LogP contribution < -0.4 is 0 Å². The predicted molar refractivity (Wildman–Crippen MR) is 100 cm³/mol. The number of aromatic nitrogens is 2. The Kier molecular flexibility index (Phi) is 4.86. The summed E-state index contributed by atoms with van der Waals surface area (Å²) in [6.07, 6.45) is 1.13. The second-order valence-corrected chi connectivity index (χ2v) is 10.4. The standard InChI is InChI=1S/C16H17N3O4S3/c1-11(12-7-9-13(10-8-12)25(3,20)21)19(2)26(22,23)15-6-4-5-14-16(15)18-24-17-14/h4-11H,1-3H3. The van der Waals surface area contributed by atoms with E-state index >= 15 is 0 Å². The number of sulfonamides is 1. The summed E-state index contributed by atoms with van der Waals surface area (Å²) in [4.78, 5) is 0.295. The molecule has 3 aromatic rings. The van der Waals surface area contributed by atoms with Gasteiger partial charge in [0.05, 0.1) is 16.6 Å². The monoisotopic (exact) mass is 411 g/mol. The van der Waals surface area contributed by atoms with Gasteiger partial charge < -0.3 is 0 Å². The number of benzene rings is 2. The van der Waals surface area contributed by atoms with Crippen LogP contribution >= 0.6 is 11.7 Å². The van der Waals surface area contributed by atoms with Crippen molar-refractivity contribution in [2.24, 2.45) is 0 Å². The summed E-state index contributed by atoms with van der Waals surface area (Å²) in [5.41, 5.74) is 1.57. The number of hydrogen-bond donors (Lipinski definition) is 0. The van der Waals surface area contributed by atoms with Gasteiger partial charge in [0, 0.05) is 19.3 Å². The van der Waals surface area contributed by atoms with Gasteiger partial charge in [-0.05, 0) is 36.8 Å². The summed E-state index contributed by atoms with van der Waals surface area (Å²) >= 11 is 0.964. The highest BCUT2D eigenvalue weighted by atomic mass is 32.2.